The highest BCUT2D eigenvalue weighted by molar-refractivity contribution is 6.14. The summed E-state index contributed by atoms with van der Waals surface area (Å²) in [6.45, 7) is 8.62. The van der Waals surface area contributed by atoms with Gasteiger partial charge in [-0.05, 0) is 62.7 Å². The molecule has 34 heavy (non-hydrogen) atoms. The molecule has 1 atom stereocenters. The van der Waals surface area contributed by atoms with Gasteiger partial charge in [0.05, 0.1) is 42.4 Å². The van der Waals surface area contributed by atoms with Crippen LogP contribution in [0.4, 0.5) is 11.4 Å². The molecule has 1 aliphatic heterocycles. The Morgan fingerprint density at radius 2 is 1.97 bits per heavy atom. The summed E-state index contributed by atoms with van der Waals surface area (Å²) in [5.74, 6) is 0.599. The van der Waals surface area contributed by atoms with Crippen LogP contribution in [-0.4, -0.2) is 42.2 Å². The topological polar surface area (TPSA) is 121 Å². The number of aromatic nitrogens is 2. The molecular formula is C26H28N6O2. The summed E-state index contributed by atoms with van der Waals surface area (Å²) in [7, 11) is 0. The van der Waals surface area contributed by atoms with Crippen molar-refractivity contribution in [1.29, 1.82) is 10.7 Å². The molecule has 4 rings (SSSR count). The van der Waals surface area contributed by atoms with Gasteiger partial charge < -0.3 is 20.1 Å². The Morgan fingerprint density at radius 3 is 2.68 bits per heavy atom. The number of nitrogen functional groups attached to an aromatic ring is 1. The average Bonchev–Trinajstić information content (AvgIpc) is 2.85. The lowest BCUT2D eigenvalue weighted by molar-refractivity contribution is 0.122. The maximum absolute atomic E-state index is 9.57. The normalized spacial score (nSPS) is 14.4. The number of nitrogens with zero attached hydrogens (tertiary/aromatic N) is 4. The molecule has 2 aromatic carbocycles. The van der Waals surface area contributed by atoms with Crippen LogP contribution < -0.4 is 15.4 Å². The van der Waals surface area contributed by atoms with Crippen LogP contribution in [0.5, 0.6) is 5.75 Å². The van der Waals surface area contributed by atoms with Gasteiger partial charge in [-0.3, -0.25) is 5.41 Å². The number of aryl methyl sites for hydroxylation is 2. The molecule has 0 spiro atoms. The van der Waals surface area contributed by atoms with E-state index in [2.05, 4.69) is 21.2 Å². The van der Waals surface area contributed by atoms with Gasteiger partial charge in [-0.15, -0.1) is 0 Å². The van der Waals surface area contributed by atoms with Crippen LogP contribution in [-0.2, 0) is 4.74 Å². The Hall–Kier alpha value is -3.96. The number of ether oxygens (including phenoxy) is 2. The number of hydrogen-bond acceptors (Lipinski definition) is 8. The van der Waals surface area contributed by atoms with Gasteiger partial charge in [0, 0.05) is 41.2 Å². The molecule has 2 heterocycles. The SMILES string of the molecule is Cc1cnnc(C)c1C(C)Oc1ccc(N)c(C(=N)c2cc(C#N)cc(N3CCOCC3)c2)c1. The minimum absolute atomic E-state index is 0.236. The average molecular weight is 457 g/mol. The first kappa shape index (κ1) is 23.2. The van der Waals surface area contributed by atoms with Crippen molar-refractivity contribution in [2.45, 2.75) is 26.9 Å². The third-order valence-electron chi connectivity index (χ3n) is 6.00. The highest BCUT2D eigenvalue weighted by Gasteiger charge is 2.18. The molecule has 1 saturated heterocycles. The van der Waals surface area contributed by atoms with Crippen LogP contribution >= 0.6 is 0 Å². The van der Waals surface area contributed by atoms with Gasteiger partial charge in [0.25, 0.3) is 0 Å². The maximum atomic E-state index is 9.57. The standard InChI is InChI=1S/C26H28N6O2/c1-16-15-30-31-17(2)25(16)18(3)34-22-4-5-24(28)23(13-22)26(29)20-10-19(14-27)11-21(12-20)32-6-8-33-9-7-32/h4-5,10-13,15,18,29H,6-9,28H2,1-3H3. The quantitative estimate of drug-likeness (QED) is 0.426. The molecule has 1 unspecified atom stereocenters. The Kier molecular flexibility index (Phi) is 6.75. The van der Waals surface area contributed by atoms with Crippen molar-refractivity contribution in [3.05, 3.63) is 76.1 Å². The fourth-order valence-corrected chi connectivity index (χ4v) is 4.29. The van der Waals surface area contributed by atoms with Crippen LogP contribution in [0.25, 0.3) is 0 Å². The monoisotopic (exact) mass is 456 g/mol. The van der Waals surface area contributed by atoms with Crippen LogP contribution in [0, 0.1) is 30.6 Å². The molecule has 8 nitrogen and oxygen atoms in total. The zero-order valence-electron chi connectivity index (χ0n) is 19.6. The van der Waals surface area contributed by atoms with E-state index in [1.54, 1.807) is 30.5 Å². The van der Waals surface area contributed by atoms with Gasteiger partial charge in [-0.25, -0.2) is 0 Å². The second-order valence-electron chi connectivity index (χ2n) is 8.39. The predicted molar refractivity (Wildman–Crippen MR) is 132 cm³/mol. The van der Waals surface area contributed by atoms with E-state index in [0.29, 0.717) is 41.3 Å². The van der Waals surface area contributed by atoms with Gasteiger partial charge in [0.1, 0.15) is 11.9 Å². The van der Waals surface area contributed by atoms with Crippen LogP contribution in [0.2, 0.25) is 0 Å². The predicted octanol–water partition coefficient (Wildman–Crippen LogP) is 3.94. The number of nitrogens with two attached hydrogens (primary N) is 1. The smallest absolute Gasteiger partial charge is 0.123 e. The summed E-state index contributed by atoms with van der Waals surface area (Å²) in [5.41, 5.74) is 12.4. The van der Waals surface area contributed by atoms with Crippen LogP contribution in [0.3, 0.4) is 0 Å². The van der Waals surface area contributed by atoms with E-state index >= 15 is 0 Å². The molecule has 0 saturated carbocycles. The number of anilines is 2. The van der Waals surface area contributed by atoms with Crippen LogP contribution in [0.15, 0.2) is 42.6 Å². The van der Waals surface area contributed by atoms with E-state index in [0.717, 1.165) is 35.6 Å². The van der Waals surface area contributed by atoms with Crippen molar-refractivity contribution >= 4 is 17.1 Å². The lowest BCUT2D eigenvalue weighted by Gasteiger charge is -2.29. The summed E-state index contributed by atoms with van der Waals surface area (Å²) in [6, 6.07) is 13.0. The van der Waals surface area contributed by atoms with Crippen molar-refractivity contribution in [2.24, 2.45) is 0 Å². The summed E-state index contributed by atoms with van der Waals surface area (Å²) in [4.78, 5) is 2.17. The highest BCUT2D eigenvalue weighted by Crippen LogP contribution is 2.30. The van der Waals surface area contributed by atoms with Crippen molar-refractivity contribution in [2.75, 3.05) is 36.9 Å². The number of nitrogens with one attached hydrogen (secondary N) is 1. The number of benzene rings is 2. The van der Waals surface area contributed by atoms with Gasteiger partial charge in [-0.1, -0.05) is 0 Å². The molecular weight excluding hydrogens is 428 g/mol. The Balaban J connectivity index is 1.64. The van der Waals surface area contributed by atoms with Crippen molar-refractivity contribution in [3.63, 3.8) is 0 Å². The van der Waals surface area contributed by atoms with E-state index in [4.69, 9.17) is 20.6 Å². The van der Waals surface area contributed by atoms with Gasteiger partial charge in [-0.2, -0.15) is 15.5 Å². The number of morpholine rings is 1. The lowest BCUT2D eigenvalue weighted by atomic mass is 9.98. The summed E-state index contributed by atoms with van der Waals surface area (Å²) in [6.07, 6.45) is 1.47. The van der Waals surface area contributed by atoms with E-state index in [-0.39, 0.29) is 11.8 Å². The largest absolute Gasteiger partial charge is 0.486 e. The first-order chi connectivity index (χ1) is 16.4. The minimum Gasteiger partial charge on any atom is -0.486 e. The molecule has 1 aliphatic rings. The number of hydrogen-bond donors (Lipinski definition) is 2. The lowest BCUT2D eigenvalue weighted by Crippen LogP contribution is -2.36. The molecule has 0 bridgehead atoms. The highest BCUT2D eigenvalue weighted by atomic mass is 16.5. The maximum Gasteiger partial charge on any atom is 0.123 e. The summed E-state index contributed by atoms with van der Waals surface area (Å²) >= 11 is 0. The molecule has 8 heteroatoms. The van der Waals surface area contributed by atoms with Crippen LogP contribution in [0.1, 0.15) is 46.5 Å². The molecule has 0 radical (unpaired) electrons. The molecule has 174 valence electrons. The van der Waals surface area contributed by atoms with E-state index in [1.165, 1.54) is 0 Å². The second-order valence-corrected chi connectivity index (χ2v) is 8.39. The molecule has 3 aromatic rings. The minimum atomic E-state index is -0.254. The third-order valence-corrected chi connectivity index (χ3v) is 6.00. The van der Waals surface area contributed by atoms with Gasteiger partial charge in [0.15, 0.2) is 0 Å². The van der Waals surface area contributed by atoms with E-state index in [9.17, 15) is 5.26 Å². The third kappa shape index (κ3) is 4.85. The first-order valence-corrected chi connectivity index (χ1v) is 11.2. The fourth-order valence-electron chi connectivity index (χ4n) is 4.29. The Morgan fingerprint density at radius 1 is 1.21 bits per heavy atom. The number of nitriles is 1. The zero-order chi connectivity index (χ0) is 24.2. The molecule has 1 aromatic heterocycles. The zero-order valence-corrected chi connectivity index (χ0v) is 19.6. The molecule has 0 amide bonds. The van der Waals surface area contributed by atoms with Crippen molar-refractivity contribution < 1.29 is 9.47 Å². The van der Waals surface area contributed by atoms with Gasteiger partial charge >= 0.3 is 0 Å². The molecule has 1 fully saturated rings. The fraction of sp³-hybridized carbons (Fsp3) is 0.308. The van der Waals surface area contributed by atoms with Crippen molar-refractivity contribution in [1.82, 2.24) is 10.2 Å². The molecule has 0 aliphatic carbocycles. The van der Waals surface area contributed by atoms with Crippen molar-refractivity contribution in [3.8, 4) is 11.8 Å². The summed E-state index contributed by atoms with van der Waals surface area (Å²) < 4.78 is 11.7. The number of rotatable bonds is 6. The second kappa shape index (κ2) is 9.89. The van der Waals surface area contributed by atoms with E-state index in [1.807, 2.05) is 32.9 Å². The summed E-state index contributed by atoms with van der Waals surface area (Å²) in [5, 5.41) is 26.6. The molecule has 3 N–H and O–H groups in total. The first-order valence-electron chi connectivity index (χ1n) is 11.2. The Labute approximate surface area is 199 Å². The van der Waals surface area contributed by atoms with E-state index < -0.39 is 0 Å². The Bertz CT molecular complexity index is 1240. The van der Waals surface area contributed by atoms with Gasteiger partial charge in [0.2, 0.25) is 0 Å².